The first-order valence-electron chi connectivity index (χ1n) is 5.39. The Labute approximate surface area is 106 Å². The summed E-state index contributed by atoms with van der Waals surface area (Å²) in [5.74, 6) is -0.974. The SMILES string of the molecule is Cc1occc1C(O)c1ccc(F)c(C(F)(F)F)c1. The third kappa shape index (κ3) is 2.63. The van der Waals surface area contributed by atoms with Gasteiger partial charge >= 0.3 is 6.18 Å². The monoisotopic (exact) mass is 274 g/mol. The Balaban J connectivity index is 2.44. The zero-order chi connectivity index (χ0) is 14.2. The normalized spacial score (nSPS) is 13.6. The number of furan rings is 1. The van der Waals surface area contributed by atoms with Crippen molar-refractivity contribution in [1.82, 2.24) is 0 Å². The molecule has 0 saturated heterocycles. The molecule has 2 aromatic rings. The molecule has 1 atom stereocenters. The van der Waals surface area contributed by atoms with Crippen LogP contribution in [0.1, 0.15) is 28.6 Å². The van der Waals surface area contributed by atoms with E-state index in [0.29, 0.717) is 23.5 Å². The van der Waals surface area contributed by atoms with Gasteiger partial charge in [0.1, 0.15) is 17.7 Å². The fraction of sp³-hybridized carbons (Fsp3) is 0.231. The predicted molar refractivity (Wildman–Crippen MR) is 58.9 cm³/mol. The van der Waals surface area contributed by atoms with E-state index in [1.54, 1.807) is 6.92 Å². The number of rotatable bonds is 2. The maximum atomic E-state index is 13.1. The van der Waals surface area contributed by atoms with Crippen molar-refractivity contribution < 1.29 is 27.1 Å². The molecule has 0 fully saturated rings. The molecule has 1 aromatic carbocycles. The molecule has 102 valence electrons. The molecule has 1 aromatic heterocycles. The summed E-state index contributed by atoms with van der Waals surface area (Å²) < 4.78 is 55.8. The van der Waals surface area contributed by atoms with Gasteiger partial charge in [-0.15, -0.1) is 0 Å². The standard InChI is InChI=1S/C13H10F4O2/c1-7-9(4-5-19-7)12(18)8-2-3-11(14)10(6-8)13(15,16)17/h2-6,12,18H,1H3. The number of aryl methyl sites for hydroxylation is 1. The molecule has 0 aliphatic heterocycles. The van der Waals surface area contributed by atoms with E-state index >= 15 is 0 Å². The maximum Gasteiger partial charge on any atom is 0.419 e. The second-order valence-corrected chi connectivity index (χ2v) is 4.07. The van der Waals surface area contributed by atoms with E-state index in [1.165, 1.54) is 12.3 Å². The molecular weight excluding hydrogens is 264 g/mol. The van der Waals surface area contributed by atoms with Crippen LogP contribution in [0.5, 0.6) is 0 Å². The molecule has 1 heterocycles. The van der Waals surface area contributed by atoms with Crippen LogP contribution in [0.15, 0.2) is 34.9 Å². The van der Waals surface area contributed by atoms with Crippen molar-refractivity contribution in [2.45, 2.75) is 19.2 Å². The molecular formula is C13H10F4O2. The summed E-state index contributed by atoms with van der Waals surface area (Å²) in [5, 5.41) is 9.99. The van der Waals surface area contributed by atoms with Crippen molar-refractivity contribution in [3.63, 3.8) is 0 Å². The first-order valence-corrected chi connectivity index (χ1v) is 5.39. The predicted octanol–water partition coefficient (Wildman–Crippen LogP) is 3.83. The molecule has 6 heteroatoms. The minimum absolute atomic E-state index is 0.0433. The highest BCUT2D eigenvalue weighted by Crippen LogP contribution is 2.34. The Bertz CT molecular complexity index is 587. The molecule has 0 spiro atoms. The molecule has 2 nitrogen and oxygen atoms in total. The summed E-state index contributed by atoms with van der Waals surface area (Å²) in [6.45, 7) is 1.58. The van der Waals surface area contributed by atoms with E-state index in [9.17, 15) is 22.7 Å². The van der Waals surface area contributed by atoms with Gasteiger partial charge in [0.25, 0.3) is 0 Å². The van der Waals surface area contributed by atoms with Gasteiger partial charge in [0.2, 0.25) is 0 Å². The van der Waals surface area contributed by atoms with Crippen LogP contribution < -0.4 is 0 Å². The van der Waals surface area contributed by atoms with Gasteiger partial charge in [0.05, 0.1) is 11.8 Å². The first kappa shape index (κ1) is 13.6. The number of hydrogen-bond acceptors (Lipinski definition) is 2. The number of alkyl halides is 3. The van der Waals surface area contributed by atoms with Crippen molar-refractivity contribution in [3.05, 3.63) is 58.8 Å². The summed E-state index contributed by atoms with van der Waals surface area (Å²) in [7, 11) is 0. The Morgan fingerprint density at radius 1 is 1.21 bits per heavy atom. The Morgan fingerprint density at radius 2 is 1.89 bits per heavy atom. The van der Waals surface area contributed by atoms with Gasteiger partial charge < -0.3 is 9.52 Å². The lowest BCUT2D eigenvalue weighted by Gasteiger charge is -2.14. The van der Waals surface area contributed by atoms with E-state index in [0.717, 1.165) is 6.07 Å². The lowest BCUT2D eigenvalue weighted by atomic mass is 10.00. The average molecular weight is 274 g/mol. The molecule has 2 rings (SSSR count). The smallest absolute Gasteiger partial charge is 0.419 e. The fourth-order valence-corrected chi connectivity index (χ4v) is 1.79. The molecule has 0 aliphatic carbocycles. The van der Waals surface area contributed by atoms with Crippen molar-refractivity contribution in [3.8, 4) is 0 Å². The second-order valence-electron chi connectivity index (χ2n) is 4.07. The van der Waals surface area contributed by atoms with Gasteiger partial charge in [-0.2, -0.15) is 13.2 Å². The zero-order valence-electron chi connectivity index (χ0n) is 9.83. The zero-order valence-corrected chi connectivity index (χ0v) is 9.83. The lowest BCUT2D eigenvalue weighted by molar-refractivity contribution is -0.140. The number of benzene rings is 1. The molecule has 0 bridgehead atoms. The highest BCUT2D eigenvalue weighted by molar-refractivity contribution is 5.35. The fourth-order valence-electron chi connectivity index (χ4n) is 1.79. The molecule has 1 unspecified atom stereocenters. The summed E-state index contributed by atoms with van der Waals surface area (Å²) >= 11 is 0. The molecule has 0 radical (unpaired) electrons. The van der Waals surface area contributed by atoms with Crippen LogP contribution in [0.25, 0.3) is 0 Å². The van der Waals surface area contributed by atoms with Crippen LogP contribution in [0, 0.1) is 12.7 Å². The quantitative estimate of drug-likeness (QED) is 0.844. The average Bonchev–Trinajstić information content (AvgIpc) is 2.73. The van der Waals surface area contributed by atoms with E-state index in [4.69, 9.17) is 4.42 Å². The lowest BCUT2D eigenvalue weighted by Crippen LogP contribution is -2.10. The molecule has 0 amide bonds. The highest BCUT2D eigenvalue weighted by atomic mass is 19.4. The van der Waals surface area contributed by atoms with Crippen LogP contribution in [-0.2, 0) is 6.18 Å². The topological polar surface area (TPSA) is 33.4 Å². The van der Waals surface area contributed by atoms with E-state index in [-0.39, 0.29) is 5.56 Å². The third-order valence-electron chi connectivity index (χ3n) is 2.81. The number of hydrogen-bond donors (Lipinski definition) is 1. The first-order chi connectivity index (χ1) is 8.80. The van der Waals surface area contributed by atoms with E-state index in [2.05, 4.69) is 0 Å². The Kier molecular flexibility index (Phi) is 3.36. The van der Waals surface area contributed by atoms with Gasteiger partial charge in [-0.25, -0.2) is 4.39 Å². The molecule has 0 saturated carbocycles. The minimum atomic E-state index is -4.80. The molecule has 0 aliphatic rings. The van der Waals surface area contributed by atoms with Crippen LogP contribution in [0.2, 0.25) is 0 Å². The van der Waals surface area contributed by atoms with Gasteiger partial charge in [0, 0.05) is 5.56 Å². The summed E-state index contributed by atoms with van der Waals surface area (Å²) in [4.78, 5) is 0. The van der Waals surface area contributed by atoms with Gasteiger partial charge in [0.15, 0.2) is 0 Å². The van der Waals surface area contributed by atoms with Gasteiger partial charge in [-0.3, -0.25) is 0 Å². The highest BCUT2D eigenvalue weighted by Gasteiger charge is 2.34. The second kappa shape index (κ2) is 4.70. The molecule has 19 heavy (non-hydrogen) atoms. The van der Waals surface area contributed by atoms with Crippen LogP contribution in [0.4, 0.5) is 17.6 Å². The summed E-state index contributed by atoms with van der Waals surface area (Å²) in [6, 6.07) is 3.86. The number of halogens is 4. The Morgan fingerprint density at radius 3 is 2.42 bits per heavy atom. The van der Waals surface area contributed by atoms with Gasteiger partial charge in [-0.05, 0) is 30.7 Å². The van der Waals surface area contributed by atoms with Crippen LogP contribution in [0.3, 0.4) is 0 Å². The molecule has 1 N–H and O–H groups in total. The largest absolute Gasteiger partial charge is 0.469 e. The maximum absolute atomic E-state index is 13.1. The van der Waals surface area contributed by atoms with Crippen molar-refractivity contribution in [1.29, 1.82) is 0 Å². The summed E-state index contributed by atoms with van der Waals surface area (Å²) in [6.07, 6.45) is -4.77. The van der Waals surface area contributed by atoms with E-state index in [1.807, 2.05) is 0 Å². The van der Waals surface area contributed by atoms with Crippen molar-refractivity contribution >= 4 is 0 Å². The summed E-state index contributed by atoms with van der Waals surface area (Å²) in [5.41, 5.74) is -1.09. The van der Waals surface area contributed by atoms with Gasteiger partial charge in [-0.1, -0.05) is 6.07 Å². The number of aliphatic hydroxyl groups is 1. The van der Waals surface area contributed by atoms with Crippen LogP contribution in [-0.4, -0.2) is 5.11 Å². The third-order valence-corrected chi connectivity index (χ3v) is 2.81. The number of aliphatic hydroxyl groups excluding tert-OH is 1. The van der Waals surface area contributed by atoms with Crippen LogP contribution >= 0.6 is 0 Å². The minimum Gasteiger partial charge on any atom is -0.469 e. The van der Waals surface area contributed by atoms with Crippen molar-refractivity contribution in [2.75, 3.05) is 0 Å². The van der Waals surface area contributed by atoms with Crippen molar-refractivity contribution in [2.24, 2.45) is 0 Å². The van der Waals surface area contributed by atoms with E-state index < -0.39 is 23.7 Å². The Hall–Kier alpha value is -1.82.